The smallest absolute Gasteiger partial charge is 0.0454 e. The third kappa shape index (κ3) is 4.39. The van der Waals surface area contributed by atoms with E-state index in [0.29, 0.717) is 5.02 Å². The Hall–Kier alpha value is -0.730. The fourth-order valence-corrected chi connectivity index (χ4v) is 2.63. The minimum absolute atomic E-state index is 0.161. The molecule has 0 aliphatic heterocycles. The maximum Gasteiger partial charge on any atom is 0.0454 e. The highest BCUT2D eigenvalue weighted by Gasteiger charge is 2.09. The van der Waals surface area contributed by atoms with Crippen molar-refractivity contribution >= 4 is 34.8 Å². The van der Waals surface area contributed by atoms with Crippen LogP contribution in [0.25, 0.3) is 0 Å². The molecule has 0 heterocycles. The summed E-state index contributed by atoms with van der Waals surface area (Å²) in [5.74, 6) is 0. The van der Waals surface area contributed by atoms with Crippen LogP contribution < -0.4 is 5.32 Å². The molecule has 4 heteroatoms. The van der Waals surface area contributed by atoms with Gasteiger partial charge in [-0.1, -0.05) is 46.9 Å². The molecule has 0 spiro atoms. The van der Waals surface area contributed by atoms with Gasteiger partial charge in [0.2, 0.25) is 0 Å². The Morgan fingerprint density at radius 1 is 0.950 bits per heavy atom. The zero-order chi connectivity index (χ0) is 14.5. The van der Waals surface area contributed by atoms with E-state index in [9.17, 15) is 0 Å². The molecular formula is C16H16Cl3N. The summed E-state index contributed by atoms with van der Waals surface area (Å²) in [7, 11) is 0. The topological polar surface area (TPSA) is 12.0 Å². The molecule has 2 aromatic rings. The highest BCUT2D eigenvalue weighted by atomic mass is 35.5. The summed E-state index contributed by atoms with van der Waals surface area (Å²) in [6.07, 6.45) is 0.944. The van der Waals surface area contributed by atoms with Gasteiger partial charge in [0, 0.05) is 21.1 Å². The van der Waals surface area contributed by atoms with Crippen molar-refractivity contribution in [1.82, 2.24) is 5.32 Å². The van der Waals surface area contributed by atoms with E-state index in [1.165, 1.54) is 5.56 Å². The van der Waals surface area contributed by atoms with Crippen molar-refractivity contribution in [1.29, 1.82) is 0 Å². The first-order chi connectivity index (χ1) is 9.56. The average Bonchev–Trinajstić information content (AvgIpc) is 2.43. The van der Waals surface area contributed by atoms with Gasteiger partial charge in [-0.3, -0.25) is 0 Å². The zero-order valence-electron chi connectivity index (χ0n) is 11.2. The first-order valence-corrected chi connectivity index (χ1v) is 7.62. The van der Waals surface area contributed by atoms with Gasteiger partial charge in [0.15, 0.2) is 0 Å². The Kier molecular flexibility index (Phi) is 5.74. The molecule has 0 saturated carbocycles. The molecule has 0 aliphatic carbocycles. The first kappa shape index (κ1) is 15.7. The van der Waals surface area contributed by atoms with E-state index in [-0.39, 0.29) is 6.04 Å². The van der Waals surface area contributed by atoms with Crippen LogP contribution in [0.4, 0.5) is 0 Å². The van der Waals surface area contributed by atoms with E-state index in [2.05, 4.69) is 12.2 Å². The lowest BCUT2D eigenvalue weighted by molar-refractivity contribution is 0.577. The van der Waals surface area contributed by atoms with Gasteiger partial charge in [0.05, 0.1) is 0 Å². The van der Waals surface area contributed by atoms with E-state index in [1.807, 2.05) is 36.4 Å². The number of hydrogen-bond donors (Lipinski definition) is 1. The minimum Gasteiger partial charge on any atom is -0.310 e. The van der Waals surface area contributed by atoms with Gasteiger partial charge in [-0.2, -0.15) is 0 Å². The van der Waals surface area contributed by atoms with E-state index < -0.39 is 0 Å². The third-order valence-electron chi connectivity index (χ3n) is 3.20. The predicted molar refractivity (Wildman–Crippen MR) is 88.0 cm³/mol. The second kappa shape index (κ2) is 7.33. The van der Waals surface area contributed by atoms with Crippen molar-refractivity contribution in [2.75, 3.05) is 6.54 Å². The average molecular weight is 329 g/mol. The van der Waals surface area contributed by atoms with Crippen LogP contribution in [0.15, 0.2) is 42.5 Å². The molecular weight excluding hydrogens is 313 g/mol. The maximum atomic E-state index is 6.19. The molecule has 1 unspecified atom stereocenters. The van der Waals surface area contributed by atoms with Crippen LogP contribution in [-0.4, -0.2) is 6.54 Å². The van der Waals surface area contributed by atoms with Crippen molar-refractivity contribution in [3.63, 3.8) is 0 Å². The minimum atomic E-state index is 0.161. The highest BCUT2D eigenvalue weighted by Crippen LogP contribution is 2.26. The van der Waals surface area contributed by atoms with E-state index in [0.717, 1.165) is 28.6 Å². The Morgan fingerprint density at radius 2 is 1.60 bits per heavy atom. The summed E-state index contributed by atoms with van der Waals surface area (Å²) in [4.78, 5) is 0. The molecule has 20 heavy (non-hydrogen) atoms. The lowest BCUT2D eigenvalue weighted by Crippen LogP contribution is -2.21. The van der Waals surface area contributed by atoms with Crippen LogP contribution in [-0.2, 0) is 6.42 Å². The van der Waals surface area contributed by atoms with Gasteiger partial charge < -0.3 is 5.32 Å². The summed E-state index contributed by atoms with van der Waals surface area (Å²) in [6.45, 7) is 2.95. The van der Waals surface area contributed by atoms with Gasteiger partial charge in [-0.15, -0.1) is 0 Å². The third-order valence-corrected chi connectivity index (χ3v) is 4.03. The lowest BCUT2D eigenvalue weighted by atomic mass is 10.1. The SMILES string of the molecule is CC(NCCc1ccc(Cl)cc1)c1cc(Cl)ccc1Cl. The van der Waals surface area contributed by atoms with Crippen LogP contribution in [0, 0.1) is 0 Å². The van der Waals surface area contributed by atoms with Gasteiger partial charge in [-0.25, -0.2) is 0 Å². The number of rotatable bonds is 5. The second-order valence-electron chi connectivity index (χ2n) is 4.72. The molecule has 0 fully saturated rings. The first-order valence-electron chi connectivity index (χ1n) is 6.49. The summed E-state index contributed by atoms with van der Waals surface area (Å²) in [5, 5.41) is 5.66. The van der Waals surface area contributed by atoms with Gasteiger partial charge >= 0.3 is 0 Å². The summed E-state index contributed by atoms with van der Waals surface area (Å²) in [5.41, 5.74) is 2.28. The lowest BCUT2D eigenvalue weighted by Gasteiger charge is -2.16. The molecule has 1 nitrogen and oxygen atoms in total. The van der Waals surface area contributed by atoms with Crippen molar-refractivity contribution < 1.29 is 0 Å². The summed E-state index contributed by atoms with van der Waals surface area (Å²) in [6, 6.07) is 13.6. The van der Waals surface area contributed by atoms with E-state index in [1.54, 1.807) is 6.07 Å². The number of hydrogen-bond acceptors (Lipinski definition) is 1. The molecule has 0 saturated heterocycles. The predicted octanol–water partition coefficient (Wildman–Crippen LogP) is 5.54. The number of halogens is 3. The van der Waals surface area contributed by atoms with Crippen molar-refractivity contribution in [2.24, 2.45) is 0 Å². The Labute approximate surface area is 134 Å². The molecule has 1 atom stereocenters. The van der Waals surface area contributed by atoms with Crippen LogP contribution in [0.5, 0.6) is 0 Å². The normalized spacial score (nSPS) is 12.4. The van der Waals surface area contributed by atoms with Crippen molar-refractivity contribution in [2.45, 2.75) is 19.4 Å². The molecule has 1 N–H and O–H groups in total. The molecule has 0 radical (unpaired) electrons. The number of nitrogens with one attached hydrogen (secondary N) is 1. The standard InChI is InChI=1S/C16H16Cl3N/c1-11(15-10-14(18)6-7-16(15)19)20-9-8-12-2-4-13(17)5-3-12/h2-7,10-11,20H,8-9H2,1H3. The molecule has 106 valence electrons. The number of benzene rings is 2. The molecule has 0 aliphatic rings. The fourth-order valence-electron chi connectivity index (χ4n) is 2.04. The second-order valence-corrected chi connectivity index (χ2v) is 6.00. The van der Waals surface area contributed by atoms with Crippen molar-refractivity contribution in [3.05, 3.63) is 68.7 Å². The summed E-state index contributed by atoms with van der Waals surface area (Å²) >= 11 is 18.1. The molecule has 2 aromatic carbocycles. The van der Waals surface area contributed by atoms with Crippen LogP contribution in [0.2, 0.25) is 15.1 Å². The van der Waals surface area contributed by atoms with E-state index >= 15 is 0 Å². The Balaban J connectivity index is 1.90. The molecule has 2 rings (SSSR count). The van der Waals surface area contributed by atoms with Crippen LogP contribution >= 0.6 is 34.8 Å². The molecule has 0 amide bonds. The van der Waals surface area contributed by atoms with Crippen molar-refractivity contribution in [3.8, 4) is 0 Å². The largest absolute Gasteiger partial charge is 0.310 e. The van der Waals surface area contributed by atoms with Gasteiger partial charge in [-0.05, 0) is 61.3 Å². The van der Waals surface area contributed by atoms with Crippen LogP contribution in [0.3, 0.4) is 0 Å². The highest BCUT2D eigenvalue weighted by molar-refractivity contribution is 6.33. The zero-order valence-corrected chi connectivity index (χ0v) is 13.4. The van der Waals surface area contributed by atoms with Gasteiger partial charge in [0.1, 0.15) is 0 Å². The molecule has 0 aromatic heterocycles. The monoisotopic (exact) mass is 327 g/mol. The molecule has 0 bridgehead atoms. The van der Waals surface area contributed by atoms with Crippen LogP contribution in [0.1, 0.15) is 24.1 Å². The Morgan fingerprint density at radius 3 is 2.30 bits per heavy atom. The van der Waals surface area contributed by atoms with E-state index in [4.69, 9.17) is 34.8 Å². The quantitative estimate of drug-likeness (QED) is 0.760. The summed E-state index contributed by atoms with van der Waals surface area (Å²) < 4.78 is 0. The fraction of sp³-hybridized carbons (Fsp3) is 0.250. The maximum absolute atomic E-state index is 6.19. The van der Waals surface area contributed by atoms with Gasteiger partial charge in [0.25, 0.3) is 0 Å². The Bertz CT molecular complexity index is 566.